The van der Waals surface area contributed by atoms with Crippen LogP contribution in [0.1, 0.15) is 26.2 Å². The predicted molar refractivity (Wildman–Crippen MR) is 106 cm³/mol. The highest BCUT2D eigenvalue weighted by atomic mass is 127. The molecule has 29 heavy (non-hydrogen) atoms. The van der Waals surface area contributed by atoms with Crippen LogP contribution in [0.2, 0.25) is 0 Å². The molecule has 0 aromatic carbocycles. The predicted octanol–water partition coefficient (Wildman–Crippen LogP) is 2.44. The molecular weight excluding hydrogens is 545 g/mol. The molecule has 0 aromatic heterocycles. The summed E-state index contributed by atoms with van der Waals surface area (Å²) in [4.78, 5) is 4.17. The molecule has 1 aliphatic rings. The summed E-state index contributed by atoms with van der Waals surface area (Å²) in [5.41, 5.74) is -5.32. The Morgan fingerprint density at radius 1 is 1.17 bits per heavy atom. The minimum atomic E-state index is -5.33. The average molecular weight is 570 g/mol. The fraction of sp³-hybridized carbons (Fsp3) is 0.929. The lowest BCUT2D eigenvalue weighted by Crippen LogP contribution is -2.51. The molecule has 7 nitrogen and oxygen atoms in total. The van der Waals surface area contributed by atoms with Gasteiger partial charge in [-0.1, -0.05) is 0 Å². The number of halogens is 7. The molecule has 1 heterocycles. The molecule has 15 heteroatoms. The molecule has 0 aliphatic carbocycles. The molecule has 0 aromatic rings. The number of guanidine groups is 1. The fourth-order valence-corrected chi connectivity index (χ4v) is 3.43. The topological polar surface area (TPSA) is 83.0 Å². The highest BCUT2D eigenvalue weighted by Gasteiger charge is 2.50. The second kappa shape index (κ2) is 12.3. The van der Waals surface area contributed by atoms with Crippen molar-refractivity contribution in [3.05, 3.63) is 0 Å². The molecule has 0 bridgehead atoms. The van der Waals surface area contributed by atoms with Crippen LogP contribution in [0.15, 0.2) is 4.99 Å². The summed E-state index contributed by atoms with van der Waals surface area (Å²) in [6, 6.07) is -0.279. The maximum Gasteiger partial charge on any atom is 0.511 e. The number of piperidine rings is 1. The van der Waals surface area contributed by atoms with E-state index >= 15 is 0 Å². The average Bonchev–Trinajstić information content (AvgIpc) is 2.56. The van der Waals surface area contributed by atoms with Crippen molar-refractivity contribution in [2.24, 2.45) is 4.99 Å². The summed E-state index contributed by atoms with van der Waals surface area (Å²) in [6.45, 7) is 0.493. The lowest BCUT2D eigenvalue weighted by Gasteiger charge is -2.32. The zero-order valence-corrected chi connectivity index (χ0v) is 18.8. The molecule has 1 aliphatic heterocycles. The number of ether oxygens (including phenoxy) is 1. The van der Waals surface area contributed by atoms with Crippen LogP contribution in [-0.4, -0.2) is 75.8 Å². The zero-order valence-electron chi connectivity index (χ0n) is 15.6. The van der Waals surface area contributed by atoms with Gasteiger partial charge in [0.25, 0.3) is 0 Å². The van der Waals surface area contributed by atoms with E-state index in [1.807, 2.05) is 0 Å². The molecular formula is C14H25F6IN4O3S. The number of sulfonamides is 1. The maximum atomic E-state index is 12.6. The third-order valence-corrected chi connectivity index (χ3v) is 5.38. The van der Waals surface area contributed by atoms with Crippen LogP contribution in [0.3, 0.4) is 0 Å². The first kappa shape index (κ1) is 28.5. The number of rotatable bonds is 8. The van der Waals surface area contributed by atoms with E-state index in [-0.39, 0.29) is 75.5 Å². The molecule has 0 saturated carbocycles. The minimum Gasteiger partial charge on any atom is -0.372 e. The second-order valence-corrected chi connectivity index (χ2v) is 7.98. The van der Waals surface area contributed by atoms with Crippen molar-refractivity contribution in [3.8, 4) is 0 Å². The van der Waals surface area contributed by atoms with Gasteiger partial charge in [0.1, 0.15) is 6.61 Å². The molecule has 1 fully saturated rings. The first-order valence-electron chi connectivity index (χ1n) is 8.62. The maximum absolute atomic E-state index is 12.6. The molecule has 2 N–H and O–H groups in total. The monoisotopic (exact) mass is 570 g/mol. The van der Waals surface area contributed by atoms with Crippen molar-refractivity contribution >= 4 is 40.0 Å². The van der Waals surface area contributed by atoms with E-state index in [1.165, 1.54) is 0 Å². The summed E-state index contributed by atoms with van der Waals surface area (Å²) in [5, 5.41) is 5.92. The third kappa shape index (κ3) is 10.3. The van der Waals surface area contributed by atoms with Gasteiger partial charge in [0, 0.05) is 38.8 Å². The Kier molecular flexibility index (Phi) is 12.1. The van der Waals surface area contributed by atoms with E-state index in [0.29, 0.717) is 16.8 Å². The Bertz CT molecular complexity index is 607. The lowest BCUT2D eigenvalue weighted by molar-refractivity contribution is -0.173. The van der Waals surface area contributed by atoms with Crippen LogP contribution in [0.4, 0.5) is 26.3 Å². The van der Waals surface area contributed by atoms with E-state index in [1.54, 1.807) is 6.92 Å². The van der Waals surface area contributed by atoms with Gasteiger partial charge < -0.3 is 15.4 Å². The molecule has 1 rings (SSSR count). The quantitative estimate of drug-likeness (QED) is 0.154. The Hall–Kier alpha value is -0.550. The van der Waals surface area contributed by atoms with Gasteiger partial charge >= 0.3 is 21.7 Å². The van der Waals surface area contributed by atoms with Gasteiger partial charge in [0.2, 0.25) is 0 Å². The van der Waals surface area contributed by atoms with E-state index < -0.39 is 28.3 Å². The number of hydrogen-bond acceptors (Lipinski definition) is 4. The van der Waals surface area contributed by atoms with Crippen LogP contribution in [0.25, 0.3) is 0 Å². The molecule has 174 valence electrons. The Morgan fingerprint density at radius 2 is 1.76 bits per heavy atom. The Balaban J connectivity index is 0.00000784. The molecule has 0 unspecified atom stereocenters. The van der Waals surface area contributed by atoms with Gasteiger partial charge in [-0.3, -0.25) is 4.99 Å². The summed E-state index contributed by atoms with van der Waals surface area (Å²) in [7, 11) is -5.33. The highest BCUT2D eigenvalue weighted by molar-refractivity contribution is 14.0. The van der Waals surface area contributed by atoms with Crippen LogP contribution in [-0.2, 0) is 14.8 Å². The van der Waals surface area contributed by atoms with Crippen molar-refractivity contribution in [1.29, 1.82) is 0 Å². The van der Waals surface area contributed by atoms with E-state index in [0.717, 1.165) is 0 Å². The summed E-state index contributed by atoms with van der Waals surface area (Å²) in [6.07, 6.45) is -3.80. The van der Waals surface area contributed by atoms with Crippen LogP contribution in [0, 0.1) is 0 Å². The first-order chi connectivity index (χ1) is 12.9. The molecule has 0 spiro atoms. The van der Waals surface area contributed by atoms with Gasteiger partial charge in [-0.25, -0.2) is 8.42 Å². The van der Waals surface area contributed by atoms with E-state index in [4.69, 9.17) is 0 Å². The molecule has 0 radical (unpaired) electrons. The van der Waals surface area contributed by atoms with Crippen LogP contribution in [0.5, 0.6) is 0 Å². The van der Waals surface area contributed by atoms with E-state index in [2.05, 4.69) is 20.4 Å². The summed E-state index contributed by atoms with van der Waals surface area (Å²) >= 11 is 0. The Morgan fingerprint density at radius 3 is 2.24 bits per heavy atom. The van der Waals surface area contributed by atoms with Gasteiger partial charge in [-0.05, 0) is 26.2 Å². The minimum absolute atomic E-state index is 0. The number of alkyl halides is 6. The molecule has 1 saturated heterocycles. The van der Waals surface area contributed by atoms with Crippen LogP contribution >= 0.6 is 24.0 Å². The molecule has 0 amide bonds. The smallest absolute Gasteiger partial charge is 0.372 e. The van der Waals surface area contributed by atoms with Gasteiger partial charge in [0.05, 0.1) is 0 Å². The van der Waals surface area contributed by atoms with Crippen molar-refractivity contribution in [3.63, 3.8) is 0 Å². The van der Waals surface area contributed by atoms with Crippen LogP contribution < -0.4 is 10.6 Å². The largest absolute Gasteiger partial charge is 0.511 e. The van der Waals surface area contributed by atoms with Gasteiger partial charge in [-0.15, -0.1) is 24.0 Å². The Labute approximate surface area is 182 Å². The summed E-state index contributed by atoms with van der Waals surface area (Å²) in [5.74, 6) is 0.357. The number of aliphatic imine (C=N–C) groups is 1. The van der Waals surface area contributed by atoms with Gasteiger partial charge in [0.15, 0.2) is 5.96 Å². The number of nitrogens with one attached hydrogen (secondary N) is 2. The zero-order chi connectivity index (χ0) is 21.4. The van der Waals surface area contributed by atoms with Crippen molar-refractivity contribution in [2.75, 3.05) is 39.4 Å². The summed E-state index contributed by atoms with van der Waals surface area (Å²) < 4.78 is 101. The first-order valence-corrected chi connectivity index (χ1v) is 10.1. The fourth-order valence-electron chi connectivity index (χ4n) is 2.45. The van der Waals surface area contributed by atoms with E-state index in [9.17, 15) is 34.8 Å². The van der Waals surface area contributed by atoms with Crippen molar-refractivity contribution < 1.29 is 39.5 Å². The third-order valence-electron chi connectivity index (χ3n) is 3.75. The van der Waals surface area contributed by atoms with Gasteiger partial charge in [-0.2, -0.15) is 30.6 Å². The number of nitrogens with zero attached hydrogens (tertiary/aromatic N) is 2. The SMILES string of the molecule is CCNC(=NCCCOCC(F)(F)F)NC1CCN(S(=O)(=O)C(F)(F)F)CC1.I. The second-order valence-electron chi connectivity index (χ2n) is 6.05. The normalized spacial score (nSPS) is 17.7. The number of hydrogen-bond donors (Lipinski definition) is 2. The van der Waals surface area contributed by atoms with Crippen molar-refractivity contribution in [1.82, 2.24) is 14.9 Å². The van der Waals surface area contributed by atoms with Crippen molar-refractivity contribution in [2.45, 2.75) is 43.9 Å². The lowest BCUT2D eigenvalue weighted by atomic mass is 10.1. The standard InChI is InChI=1S/C14H24F6N4O3S.HI/c1-2-21-12(22-6-3-9-27-10-13(15,16)17)23-11-4-7-24(8-5-11)28(25,26)14(18,19)20;/h11H,2-10H2,1H3,(H2,21,22,23);1H. The molecule has 0 atom stereocenters. The highest BCUT2D eigenvalue weighted by Crippen LogP contribution is 2.28.